The molecular weight excluding hydrogens is 294 g/mol. The van der Waals surface area contributed by atoms with Gasteiger partial charge < -0.3 is 14.7 Å². The van der Waals surface area contributed by atoms with Gasteiger partial charge in [0, 0.05) is 19.0 Å². The van der Waals surface area contributed by atoms with Crippen molar-refractivity contribution in [3.63, 3.8) is 0 Å². The Balaban J connectivity index is 2.04. The van der Waals surface area contributed by atoms with Crippen LogP contribution in [0.4, 0.5) is 0 Å². The molecule has 0 aliphatic carbocycles. The number of carboxylic acid groups (broad SMARTS) is 1. The zero-order valence-corrected chi connectivity index (χ0v) is 14.0. The topological polar surface area (TPSA) is 66.8 Å². The summed E-state index contributed by atoms with van der Waals surface area (Å²) in [6.07, 6.45) is 1.77. The normalized spacial score (nSPS) is 22.5. The fourth-order valence-electron chi connectivity index (χ4n) is 3.27. The fraction of sp³-hybridized carbons (Fsp3) is 0.556. The Hall–Kier alpha value is -2.04. The van der Waals surface area contributed by atoms with Gasteiger partial charge in [-0.25, -0.2) is 0 Å². The second-order valence-electron chi connectivity index (χ2n) is 6.30. The monoisotopic (exact) mass is 319 g/mol. The van der Waals surface area contributed by atoms with Gasteiger partial charge >= 0.3 is 5.97 Å². The number of nitrogens with zero attached hydrogens (tertiary/aromatic N) is 1. The molecule has 1 aliphatic heterocycles. The summed E-state index contributed by atoms with van der Waals surface area (Å²) in [7, 11) is 1.62. The van der Waals surface area contributed by atoms with E-state index in [4.69, 9.17) is 4.74 Å². The number of piperidine rings is 1. The smallest absolute Gasteiger partial charge is 0.308 e. The number of likely N-dealkylation sites (tertiary alicyclic amines) is 1. The van der Waals surface area contributed by atoms with Crippen LogP contribution in [0.2, 0.25) is 0 Å². The number of hydrogen-bond donors (Lipinski definition) is 1. The summed E-state index contributed by atoms with van der Waals surface area (Å²) in [5, 5.41) is 9.27. The largest absolute Gasteiger partial charge is 0.497 e. The zero-order valence-electron chi connectivity index (χ0n) is 14.0. The molecule has 2 rings (SSSR count). The average Bonchev–Trinajstić information content (AvgIpc) is 2.54. The van der Waals surface area contributed by atoms with E-state index in [9.17, 15) is 14.7 Å². The van der Waals surface area contributed by atoms with Crippen molar-refractivity contribution in [1.29, 1.82) is 0 Å². The number of benzene rings is 1. The highest BCUT2D eigenvalue weighted by molar-refractivity contribution is 5.79. The lowest BCUT2D eigenvalue weighted by Gasteiger charge is -2.38. The van der Waals surface area contributed by atoms with E-state index in [1.54, 1.807) is 12.0 Å². The summed E-state index contributed by atoms with van der Waals surface area (Å²) in [5.41, 5.74) is 1.05. The van der Waals surface area contributed by atoms with Crippen molar-refractivity contribution in [1.82, 2.24) is 4.90 Å². The van der Waals surface area contributed by atoms with Crippen molar-refractivity contribution < 1.29 is 19.4 Å². The lowest BCUT2D eigenvalue weighted by molar-refractivity contribution is -0.149. The number of amides is 1. The van der Waals surface area contributed by atoms with Gasteiger partial charge in [-0.2, -0.15) is 0 Å². The minimum atomic E-state index is -0.809. The first-order valence-corrected chi connectivity index (χ1v) is 8.10. The highest BCUT2D eigenvalue weighted by Crippen LogP contribution is 2.28. The molecule has 3 atom stereocenters. The van der Waals surface area contributed by atoms with Crippen LogP contribution >= 0.6 is 0 Å². The molecule has 0 bridgehead atoms. The van der Waals surface area contributed by atoms with Crippen LogP contribution in [-0.4, -0.2) is 41.6 Å². The first-order chi connectivity index (χ1) is 10.9. The molecule has 1 aromatic carbocycles. The maximum absolute atomic E-state index is 12.6. The van der Waals surface area contributed by atoms with Crippen molar-refractivity contribution >= 4 is 11.9 Å². The van der Waals surface area contributed by atoms with Crippen molar-refractivity contribution in [3.8, 4) is 5.75 Å². The van der Waals surface area contributed by atoms with E-state index in [1.165, 1.54) is 0 Å². The molecule has 0 aromatic heterocycles. The predicted octanol–water partition coefficient (Wildman–Crippen LogP) is 2.90. The predicted molar refractivity (Wildman–Crippen MR) is 87.6 cm³/mol. The third kappa shape index (κ3) is 4.03. The molecule has 5 nitrogen and oxygen atoms in total. The van der Waals surface area contributed by atoms with Gasteiger partial charge in [0.05, 0.1) is 13.0 Å². The maximum atomic E-state index is 12.6. The molecule has 1 amide bonds. The third-order valence-corrected chi connectivity index (χ3v) is 4.77. The Morgan fingerprint density at radius 1 is 1.43 bits per heavy atom. The standard InChI is InChI=1S/C18H25NO4/c1-12(14-6-4-7-15(11-14)23-3)10-17(20)19-9-5-8-16(13(19)2)18(21)22/h4,6-7,11-13,16H,5,8-10H2,1-3H3,(H,21,22)/t12?,13-,16-/m0/s1. The molecular formula is C18H25NO4. The quantitative estimate of drug-likeness (QED) is 0.906. The number of hydrogen-bond acceptors (Lipinski definition) is 3. The third-order valence-electron chi connectivity index (χ3n) is 4.77. The minimum Gasteiger partial charge on any atom is -0.497 e. The Kier molecular flexibility index (Phi) is 5.64. The molecule has 126 valence electrons. The van der Waals surface area contributed by atoms with Crippen LogP contribution in [0.25, 0.3) is 0 Å². The van der Waals surface area contributed by atoms with Crippen LogP contribution in [-0.2, 0) is 9.59 Å². The fourth-order valence-corrected chi connectivity index (χ4v) is 3.27. The van der Waals surface area contributed by atoms with Gasteiger partial charge in [0.15, 0.2) is 0 Å². The summed E-state index contributed by atoms with van der Waals surface area (Å²) in [6, 6.07) is 7.48. The molecule has 1 aliphatic rings. The van der Waals surface area contributed by atoms with Gasteiger partial charge in [-0.05, 0) is 43.4 Å². The van der Waals surface area contributed by atoms with Crippen LogP contribution in [0, 0.1) is 5.92 Å². The summed E-state index contributed by atoms with van der Waals surface area (Å²) in [5.74, 6) is -0.400. The van der Waals surface area contributed by atoms with Gasteiger partial charge in [-0.15, -0.1) is 0 Å². The summed E-state index contributed by atoms with van der Waals surface area (Å²) in [4.78, 5) is 25.6. The molecule has 23 heavy (non-hydrogen) atoms. The maximum Gasteiger partial charge on any atom is 0.308 e. The number of methoxy groups -OCH3 is 1. The van der Waals surface area contributed by atoms with E-state index in [0.29, 0.717) is 19.4 Å². The van der Waals surface area contributed by atoms with E-state index in [1.807, 2.05) is 38.1 Å². The second kappa shape index (κ2) is 7.49. The van der Waals surface area contributed by atoms with Crippen LogP contribution in [0.5, 0.6) is 5.75 Å². The number of carboxylic acids is 1. The van der Waals surface area contributed by atoms with Crippen molar-refractivity contribution in [2.45, 2.75) is 45.1 Å². The van der Waals surface area contributed by atoms with Gasteiger partial charge in [0.1, 0.15) is 5.75 Å². The van der Waals surface area contributed by atoms with E-state index >= 15 is 0 Å². The summed E-state index contributed by atoms with van der Waals surface area (Å²) >= 11 is 0. The molecule has 5 heteroatoms. The first kappa shape index (κ1) is 17.3. The van der Waals surface area contributed by atoms with Crippen molar-refractivity contribution in [2.24, 2.45) is 5.92 Å². The molecule has 0 saturated carbocycles. The number of carbonyl (C=O) groups excluding carboxylic acids is 1. The van der Waals surface area contributed by atoms with Gasteiger partial charge in [-0.3, -0.25) is 9.59 Å². The molecule has 1 saturated heterocycles. The van der Waals surface area contributed by atoms with Crippen LogP contribution < -0.4 is 4.74 Å². The molecule has 1 fully saturated rings. The van der Waals surface area contributed by atoms with Gasteiger partial charge in [0.2, 0.25) is 5.91 Å². The Morgan fingerprint density at radius 3 is 2.83 bits per heavy atom. The van der Waals surface area contributed by atoms with Gasteiger partial charge in [-0.1, -0.05) is 19.1 Å². The highest BCUT2D eigenvalue weighted by Gasteiger charge is 2.35. The van der Waals surface area contributed by atoms with Gasteiger partial charge in [0.25, 0.3) is 0 Å². The molecule has 1 heterocycles. The minimum absolute atomic E-state index is 0.0266. The van der Waals surface area contributed by atoms with Crippen molar-refractivity contribution in [2.75, 3.05) is 13.7 Å². The molecule has 0 spiro atoms. The van der Waals surface area contributed by atoms with E-state index < -0.39 is 11.9 Å². The summed E-state index contributed by atoms with van der Waals surface area (Å²) in [6.45, 7) is 4.50. The SMILES string of the molecule is COc1cccc(C(C)CC(=O)N2CCC[C@H](C(=O)O)[C@@H]2C)c1. The van der Waals surface area contributed by atoms with Crippen molar-refractivity contribution in [3.05, 3.63) is 29.8 Å². The Labute approximate surface area is 137 Å². The van der Waals surface area contributed by atoms with E-state index in [2.05, 4.69) is 0 Å². The molecule has 1 unspecified atom stereocenters. The zero-order chi connectivity index (χ0) is 17.0. The number of aliphatic carboxylic acids is 1. The lowest BCUT2D eigenvalue weighted by atomic mass is 9.89. The average molecular weight is 319 g/mol. The second-order valence-corrected chi connectivity index (χ2v) is 6.30. The van der Waals surface area contributed by atoms with Crippen LogP contribution in [0.3, 0.4) is 0 Å². The molecule has 1 aromatic rings. The van der Waals surface area contributed by atoms with Crippen LogP contribution in [0.15, 0.2) is 24.3 Å². The van der Waals surface area contributed by atoms with E-state index in [-0.39, 0.29) is 17.9 Å². The van der Waals surface area contributed by atoms with Crippen LogP contribution in [0.1, 0.15) is 44.6 Å². The van der Waals surface area contributed by atoms with E-state index in [0.717, 1.165) is 17.7 Å². The Morgan fingerprint density at radius 2 is 2.17 bits per heavy atom. The highest BCUT2D eigenvalue weighted by atomic mass is 16.5. The molecule has 1 N–H and O–H groups in total. The lowest BCUT2D eigenvalue weighted by Crippen LogP contribution is -2.49. The summed E-state index contributed by atoms with van der Waals surface area (Å²) < 4.78 is 5.22. The molecule has 0 radical (unpaired) electrons. The number of ether oxygens (including phenoxy) is 1. The Bertz CT molecular complexity index is 572. The number of rotatable bonds is 5. The number of carbonyl (C=O) groups is 2. The first-order valence-electron chi connectivity index (χ1n) is 8.10.